The summed E-state index contributed by atoms with van der Waals surface area (Å²) in [5.41, 5.74) is 5.14. The highest BCUT2D eigenvalue weighted by molar-refractivity contribution is 6.02. The molecule has 5 rings (SSSR count). The number of fused-ring (bicyclic) bond motifs is 1. The third-order valence-electron chi connectivity index (χ3n) is 8.19. The first-order chi connectivity index (χ1) is 21.8. The van der Waals surface area contributed by atoms with E-state index in [1.54, 1.807) is 14.2 Å². The van der Waals surface area contributed by atoms with Crippen molar-refractivity contribution in [3.8, 4) is 11.5 Å². The molecule has 1 aliphatic carbocycles. The molecule has 45 heavy (non-hydrogen) atoms. The second kappa shape index (κ2) is 14.3. The third-order valence-corrected chi connectivity index (χ3v) is 8.19. The largest absolute Gasteiger partial charge is 0.497 e. The average Bonchev–Trinajstić information content (AvgIpc) is 3.70. The number of amides is 1. The number of ether oxygens (including phenoxy) is 2. The Morgan fingerprint density at radius 3 is 2.58 bits per heavy atom. The van der Waals surface area contributed by atoms with Gasteiger partial charge in [0.05, 0.1) is 37.8 Å². The standard InChI is InChI=1S/C34H44N8O3/c1-7-32(43)37-28-19-29(31(45-6)20-30(28)41(4)16-15-40(2)3)38-34-36-21-23-17-26(22-35-24-11-10-14-27(18-24)44-5)42(33(23)39-34)25-12-8-9-13-25/h7,10-11,14,17-21,25,35H,1,8-9,12-13,15-16,22H2,2-6H3,(H,37,43)(H,36,38,39). The van der Waals surface area contributed by atoms with Gasteiger partial charge in [0.2, 0.25) is 11.9 Å². The molecule has 0 atom stereocenters. The lowest BCUT2D eigenvalue weighted by Gasteiger charge is -2.26. The third kappa shape index (κ3) is 7.49. The van der Waals surface area contributed by atoms with Crippen LogP contribution in [-0.4, -0.2) is 73.8 Å². The highest BCUT2D eigenvalue weighted by atomic mass is 16.5. The number of benzene rings is 2. The number of likely N-dealkylation sites (N-methyl/N-ethyl adjacent to an activating group) is 2. The first-order valence-corrected chi connectivity index (χ1v) is 15.3. The van der Waals surface area contributed by atoms with Gasteiger partial charge in [0.1, 0.15) is 17.1 Å². The number of hydrogen-bond donors (Lipinski definition) is 3. The van der Waals surface area contributed by atoms with E-state index in [0.29, 0.717) is 35.7 Å². The van der Waals surface area contributed by atoms with Gasteiger partial charge in [-0.2, -0.15) is 4.98 Å². The van der Waals surface area contributed by atoms with Crippen molar-refractivity contribution in [3.05, 3.63) is 67.0 Å². The second-order valence-electron chi connectivity index (χ2n) is 11.6. The minimum absolute atomic E-state index is 0.296. The van der Waals surface area contributed by atoms with Crippen LogP contribution in [0, 0.1) is 0 Å². The maximum atomic E-state index is 12.4. The molecule has 1 amide bonds. The zero-order valence-electron chi connectivity index (χ0n) is 26.9. The monoisotopic (exact) mass is 612 g/mol. The van der Waals surface area contributed by atoms with Gasteiger partial charge in [-0.25, -0.2) is 4.98 Å². The van der Waals surface area contributed by atoms with E-state index < -0.39 is 0 Å². The Kier molecular flexibility index (Phi) is 10.1. The molecule has 2 aromatic carbocycles. The van der Waals surface area contributed by atoms with E-state index in [0.717, 1.165) is 59.8 Å². The summed E-state index contributed by atoms with van der Waals surface area (Å²) in [5.74, 6) is 1.57. The molecule has 0 saturated heterocycles. The summed E-state index contributed by atoms with van der Waals surface area (Å²) in [5, 5.41) is 10.9. The van der Waals surface area contributed by atoms with Crippen molar-refractivity contribution in [1.29, 1.82) is 0 Å². The van der Waals surface area contributed by atoms with Gasteiger partial charge >= 0.3 is 0 Å². The molecule has 2 heterocycles. The van der Waals surface area contributed by atoms with Crippen LogP contribution >= 0.6 is 0 Å². The topological polar surface area (TPSA) is 109 Å². The number of nitrogens with zero attached hydrogens (tertiary/aromatic N) is 5. The second-order valence-corrected chi connectivity index (χ2v) is 11.6. The molecule has 238 valence electrons. The molecule has 1 aliphatic rings. The maximum absolute atomic E-state index is 12.4. The predicted molar refractivity (Wildman–Crippen MR) is 182 cm³/mol. The molecule has 2 aromatic heterocycles. The van der Waals surface area contributed by atoms with Gasteiger partial charge in [-0.1, -0.05) is 25.5 Å². The van der Waals surface area contributed by atoms with Gasteiger partial charge in [0.25, 0.3) is 0 Å². The fourth-order valence-electron chi connectivity index (χ4n) is 5.78. The molecule has 4 aromatic rings. The van der Waals surface area contributed by atoms with Crippen LogP contribution in [0.1, 0.15) is 37.4 Å². The van der Waals surface area contributed by atoms with Crippen LogP contribution < -0.4 is 30.3 Å². The highest BCUT2D eigenvalue weighted by Gasteiger charge is 2.23. The van der Waals surface area contributed by atoms with Crippen LogP contribution in [0.4, 0.5) is 28.7 Å². The Morgan fingerprint density at radius 2 is 1.87 bits per heavy atom. The van der Waals surface area contributed by atoms with Crippen molar-refractivity contribution < 1.29 is 14.3 Å². The number of anilines is 5. The van der Waals surface area contributed by atoms with Crippen molar-refractivity contribution >= 4 is 45.6 Å². The fourth-order valence-corrected chi connectivity index (χ4v) is 5.78. The van der Waals surface area contributed by atoms with E-state index in [-0.39, 0.29) is 5.91 Å². The summed E-state index contributed by atoms with van der Waals surface area (Å²) < 4.78 is 13.6. The molecule has 0 aliphatic heterocycles. The zero-order valence-corrected chi connectivity index (χ0v) is 26.9. The van der Waals surface area contributed by atoms with Gasteiger partial charge < -0.3 is 39.8 Å². The summed E-state index contributed by atoms with van der Waals surface area (Å²) in [4.78, 5) is 26.3. The SMILES string of the molecule is C=CC(=O)Nc1cc(Nc2ncc3cc(CNc4cccc(OC)c4)n(C4CCCC4)c3n2)c(OC)cc1N(C)CCN(C)C. The van der Waals surface area contributed by atoms with Crippen LogP contribution in [-0.2, 0) is 11.3 Å². The molecule has 11 nitrogen and oxygen atoms in total. The Hall–Kier alpha value is -4.77. The van der Waals surface area contributed by atoms with E-state index in [1.165, 1.54) is 18.9 Å². The zero-order chi connectivity index (χ0) is 31.9. The van der Waals surface area contributed by atoms with Crippen LogP contribution in [0.25, 0.3) is 11.0 Å². The molecule has 11 heteroatoms. The lowest BCUT2D eigenvalue weighted by molar-refractivity contribution is -0.111. The normalized spacial score (nSPS) is 13.2. The van der Waals surface area contributed by atoms with Gasteiger partial charge in [-0.3, -0.25) is 4.79 Å². The molecular weight excluding hydrogens is 568 g/mol. The van der Waals surface area contributed by atoms with Crippen LogP contribution in [0.3, 0.4) is 0 Å². The molecule has 0 bridgehead atoms. The summed E-state index contributed by atoms with van der Waals surface area (Å²) in [7, 11) is 9.35. The summed E-state index contributed by atoms with van der Waals surface area (Å²) in [6, 6.07) is 14.3. The van der Waals surface area contributed by atoms with Crippen molar-refractivity contribution in [2.45, 2.75) is 38.3 Å². The molecule has 1 fully saturated rings. The van der Waals surface area contributed by atoms with Gasteiger partial charge in [0, 0.05) is 61.3 Å². The first-order valence-electron chi connectivity index (χ1n) is 15.3. The van der Waals surface area contributed by atoms with Crippen molar-refractivity contribution in [1.82, 2.24) is 19.4 Å². The average molecular weight is 613 g/mol. The Balaban J connectivity index is 1.48. The number of carbonyl (C=O) groups excluding carboxylic acids is 1. The lowest BCUT2D eigenvalue weighted by Crippen LogP contribution is -2.29. The smallest absolute Gasteiger partial charge is 0.247 e. The van der Waals surface area contributed by atoms with E-state index >= 15 is 0 Å². The number of aromatic nitrogens is 3. The van der Waals surface area contributed by atoms with E-state index in [1.807, 2.05) is 63.7 Å². The Bertz CT molecular complexity index is 1640. The lowest BCUT2D eigenvalue weighted by atomic mass is 10.2. The molecule has 0 spiro atoms. The quantitative estimate of drug-likeness (QED) is 0.147. The molecule has 1 saturated carbocycles. The van der Waals surface area contributed by atoms with Gasteiger partial charge in [-0.05, 0) is 57.3 Å². The molecular formula is C34H44N8O3. The molecule has 0 unspecified atom stereocenters. The predicted octanol–water partition coefficient (Wildman–Crippen LogP) is 6.04. The van der Waals surface area contributed by atoms with Gasteiger partial charge in [0.15, 0.2) is 0 Å². The molecule has 3 N–H and O–H groups in total. The number of carbonyl (C=O) groups is 1. The maximum Gasteiger partial charge on any atom is 0.247 e. The summed E-state index contributed by atoms with van der Waals surface area (Å²) in [6.45, 7) is 5.87. The number of rotatable bonds is 14. The van der Waals surface area contributed by atoms with Gasteiger partial charge in [-0.15, -0.1) is 0 Å². The number of nitrogens with one attached hydrogen (secondary N) is 3. The van der Waals surface area contributed by atoms with E-state index in [2.05, 4.69) is 47.9 Å². The van der Waals surface area contributed by atoms with Crippen LogP contribution in [0.5, 0.6) is 11.5 Å². The highest BCUT2D eigenvalue weighted by Crippen LogP contribution is 2.39. The number of hydrogen-bond acceptors (Lipinski definition) is 9. The van der Waals surface area contributed by atoms with Crippen molar-refractivity contribution in [3.63, 3.8) is 0 Å². The van der Waals surface area contributed by atoms with E-state index in [4.69, 9.17) is 14.5 Å². The summed E-state index contributed by atoms with van der Waals surface area (Å²) >= 11 is 0. The first kappa shape index (κ1) is 31.6. The number of methoxy groups -OCH3 is 2. The Morgan fingerprint density at radius 1 is 1.07 bits per heavy atom. The summed E-state index contributed by atoms with van der Waals surface area (Å²) in [6.07, 6.45) is 7.76. The fraction of sp³-hybridized carbons (Fsp3) is 0.382. The van der Waals surface area contributed by atoms with Crippen LogP contribution in [0.15, 0.2) is 61.3 Å². The Labute approximate surface area is 265 Å². The van der Waals surface area contributed by atoms with Crippen molar-refractivity contribution in [2.75, 3.05) is 69.3 Å². The minimum Gasteiger partial charge on any atom is -0.497 e. The van der Waals surface area contributed by atoms with Crippen molar-refractivity contribution in [2.24, 2.45) is 0 Å². The van der Waals surface area contributed by atoms with E-state index in [9.17, 15) is 4.79 Å². The van der Waals surface area contributed by atoms with Crippen LogP contribution in [0.2, 0.25) is 0 Å². The minimum atomic E-state index is -0.296. The molecule has 0 radical (unpaired) electrons.